The average molecular weight is 342 g/mol. The molecule has 0 unspecified atom stereocenters. The molecule has 0 saturated heterocycles. The van der Waals surface area contributed by atoms with Crippen molar-refractivity contribution >= 4 is 12.1 Å². The second kappa shape index (κ2) is 9.44. The molecular weight excluding hydrogens is 320 g/mol. The van der Waals surface area contributed by atoms with Crippen LogP contribution >= 0.6 is 0 Å². The van der Waals surface area contributed by atoms with E-state index in [4.69, 9.17) is 4.74 Å². The first-order valence-corrected chi connectivity index (χ1v) is 8.03. The Balaban J connectivity index is 1.84. The van der Waals surface area contributed by atoms with Gasteiger partial charge in [0.1, 0.15) is 12.6 Å². The summed E-state index contributed by atoms with van der Waals surface area (Å²) in [4.78, 5) is 23.3. The van der Waals surface area contributed by atoms with Gasteiger partial charge in [-0.3, -0.25) is 0 Å². The zero-order chi connectivity index (χ0) is 18.1. The summed E-state index contributed by atoms with van der Waals surface area (Å²) in [5.74, 6) is -1.12. The Hall–Kier alpha value is -2.86. The van der Waals surface area contributed by atoms with Crippen LogP contribution in [0.25, 0.3) is 0 Å². The molecule has 6 heteroatoms. The molecule has 1 amide bonds. The Labute approximate surface area is 146 Å². The topological polar surface area (TPSA) is 87.7 Å². The number of aliphatic carboxylic acids is 1. The van der Waals surface area contributed by atoms with Gasteiger partial charge in [0.05, 0.1) is 0 Å². The third kappa shape index (κ3) is 6.27. The van der Waals surface area contributed by atoms with Crippen molar-refractivity contribution in [1.82, 2.24) is 10.6 Å². The molecule has 0 aliphatic heterocycles. The van der Waals surface area contributed by atoms with Gasteiger partial charge in [-0.05, 0) is 18.1 Å². The summed E-state index contributed by atoms with van der Waals surface area (Å²) in [6.45, 7) is 2.30. The van der Waals surface area contributed by atoms with Crippen LogP contribution < -0.4 is 10.6 Å². The van der Waals surface area contributed by atoms with Crippen LogP contribution in [0.5, 0.6) is 0 Å². The van der Waals surface area contributed by atoms with Gasteiger partial charge in [-0.1, -0.05) is 60.7 Å². The third-order valence-corrected chi connectivity index (χ3v) is 3.72. The minimum Gasteiger partial charge on any atom is -0.480 e. The minimum atomic E-state index is -1.12. The van der Waals surface area contributed by atoms with E-state index in [1.807, 2.05) is 60.7 Å². The van der Waals surface area contributed by atoms with Crippen molar-refractivity contribution in [2.45, 2.75) is 32.2 Å². The Morgan fingerprint density at radius 2 is 1.56 bits per heavy atom. The van der Waals surface area contributed by atoms with Crippen LogP contribution in [0.15, 0.2) is 60.7 Å². The highest BCUT2D eigenvalue weighted by Gasteiger charge is 2.26. The van der Waals surface area contributed by atoms with Crippen LogP contribution in [0, 0.1) is 0 Å². The van der Waals surface area contributed by atoms with Gasteiger partial charge < -0.3 is 20.5 Å². The highest BCUT2D eigenvalue weighted by Crippen LogP contribution is 2.03. The maximum Gasteiger partial charge on any atom is 0.408 e. The van der Waals surface area contributed by atoms with Crippen LogP contribution in [-0.2, 0) is 22.7 Å². The maximum atomic E-state index is 11.9. The van der Waals surface area contributed by atoms with Crippen molar-refractivity contribution in [3.8, 4) is 0 Å². The van der Waals surface area contributed by atoms with E-state index < -0.39 is 24.1 Å². The molecule has 6 nitrogen and oxygen atoms in total. The van der Waals surface area contributed by atoms with E-state index in [0.717, 1.165) is 11.1 Å². The van der Waals surface area contributed by atoms with Gasteiger partial charge in [-0.15, -0.1) is 0 Å². The zero-order valence-electron chi connectivity index (χ0n) is 14.0. The summed E-state index contributed by atoms with van der Waals surface area (Å²) in [5.41, 5.74) is 1.87. The van der Waals surface area contributed by atoms with E-state index in [1.165, 1.54) is 0 Å². The van der Waals surface area contributed by atoms with Crippen molar-refractivity contribution in [3.05, 3.63) is 71.8 Å². The van der Waals surface area contributed by atoms with Crippen molar-refractivity contribution in [3.63, 3.8) is 0 Å². The first-order valence-electron chi connectivity index (χ1n) is 8.03. The van der Waals surface area contributed by atoms with E-state index in [0.29, 0.717) is 6.54 Å². The molecule has 0 bridgehead atoms. The van der Waals surface area contributed by atoms with Gasteiger partial charge in [0.25, 0.3) is 0 Å². The first-order chi connectivity index (χ1) is 12.1. The van der Waals surface area contributed by atoms with Gasteiger partial charge in [0.2, 0.25) is 0 Å². The van der Waals surface area contributed by atoms with Crippen molar-refractivity contribution in [2.75, 3.05) is 0 Å². The predicted octanol–water partition coefficient (Wildman–Crippen LogP) is 2.54. The molecule has 25 heavy (non-hydrogen) atoms. The largest absolute Gasteiger partial charge is 0.480 e. The lowest BCUT2D eigenvalue weighted by Crippen LogP contribution is -2.52. The van der Waals surface area contributed by atoms with E-state index in [-0.39, 0.29) is 6.61 Å². The number of carboxylic acid groups (broad SMARTS) is 1. The number of hydrogen-bond acceptors (Lipinski definition) is 4. The van der Waals surface area contributed by atoms with Crippen LogP contribution in [0.2, 0.25) is 0 Å². The number of rotatable bonds is 8. The molecule has 0 aliphatic carbocycles. The number of ether oxygens (including phenoxy) is 1. The van der Waals surface area contributed by atoms with E-state index in [9.17, 15) is 14.7 Å². The highest BCUT2D eigenvalue weighted by atomic mass is 16.5. The summed E-state index contributed by atoms with van der Waals surface area (Å²) >= 11 is 0. The number of carboxylic acids is 1. The monoisotopic (exact) mass is 342 g/mol. The lowest BCUT2D eigenvalue weighted by atomic mass is 10.1. The Kier molecular flexibility index (Phi) is 6.98. The number of carbonyl (C=O) groups is 2. The van der Waals surface area contributed by atoms with E-state index in [2.05, 4.69) is 10.6 Å². The number of amides is 1. The molecule has 0 radical (unpaired) electrons. The Morgan fingerprint density at radius 1 is 1.00 bits per heavy atom. The summed E-state index contributed by atoms with van der Waals surface area (Å²) in [6.07, 6.45) is -0.760. The SMILES string of the molecule is C[C@H](NCc1ccccc1)[C@H](NC(=O)OCc1ccccc1)C(=O)O. The smallest absolute Gasteiger partial charge is 0.408 e. The van der Waals surface area contributed by atoms with Crippen LogP contribution in [0.1, 0.15) is 18.1 Å². The summed E-state index contributed by atoms with van der Waals surface area (Å²) < 4.78 is 5.08. The van der Waals surface area contributed by atoms with Gasteiger partial charge in [0.15, 0.2) is 0 Å². The van der Waals surface area contributed by atoms with Crippen LogP contribution in [0.4, 0.5) is 4.79 Å². The molecule has 0 heterocycles. The molecule has 2 atom stereocenters. The molecule has 0 fully saturated rings. The molecule has 2 aromatic carbocycles. The number of nitrogens with one attached hydrogen (secondary N) is 2. The second-order valence-electron chi connectivity index (χ2n) is 5.68. The van der Waals surface area contributed by atoms with Gasteiger partial charge >= 0.3 is 12.1 Å². The Bertz CT molecular complexity index is 676. The molecule has 0 spiro atoms. The van der Waals surface area contributed by atoms with Gasteiger partial charge in [-0.2, -0.15) is 0 Å². The molecule has 0 aromatic heterocycles. The second-order valence-corrected chi connectivity index (χ2v) is 5.68. The fourth-order valence-corrected chi connectivity index (χ4v) is 2.28. The molecule has 0 saturated carbocycles. The standard InChI is InChI=1S/C19H22N2O4/c1-14(20-12-15-8-4-2-5-9-15)17(18(22)23)21-19(24)25-13-16-10-6-3-7-11-16/h2-11,14,17,20H,12-13H2,1H3,(H,21,24)(H,22,23)/t14-,17-/m0/s1. The average Bonchev–Trinajstić information content (AvgIpc) is 2.64. The number of hydrogen-bond donors (Lipinski definition) is 3. The number of alkyl carbamates (subject to hydrolysis) is 1. The minimum absolute atomic E-state index is 0.0881. The summed E-state index contributed by atoms with van der Waals surface area (Å²) in [5, 5.41) is 14.9. The summed E-state index contributed by atoms with van der Waals surface area (Å²) in [6, 6.07) is 17.3. The molecule has 132 valence electrons. The predicted molar refractivity (Wildman–Crippen MR) is 93.9 cm³/mol. The molecule has 0 aliphatic rings. The fraction of sp³-hybridized carbons (Fsp3) is 0.263. The maximum absolute atomic E-state index is 11.9. The Morgan fingerprint density at radius 3 is 2.12 bits per heavy atom. The number of carbonyl (C=O) groups excluding carboxylic acids is 1. The van der Waals surface area contributed by atoms with Gasteiger partial charge in [0, 0.05) is 12.6 Å². The fourth-order valence-electron chi connectivity index (χ4n) is 2.28. The summed E-state index contributed by atoms with van der Waals surface area (Å²) in [7, 11) is 0. The lowest BCUT2D eigenvalue weighted by Gasteiger charge is -2.22. The molecular formula is C19H22N2O4. The van der Waals surface area contributed by atoms with E-state index >= 15 is 0 Å². The van der Waals surface area contributed by atoms with Crippen LogP contribution in [-0.4, -0.2) is 29.3 Å². The van der Waals surface area contributed by atoms with Crippen molar-refractivity contribution in [1.29, 1.82) is 0 Å². The quantitative estimate of drug-likeness (QED) is 0.686. The van der Waals surface area contributed by atoms with Gasteiger partial charge in [-0.25, -0.2) is 9.59 Å². The van der Waals surface area contributed by atoms with Crippen LogP contribution in [0.3, 0.4) is 0 Å². The lowest BCUT2D eigenvalue weighted by molar-refractivity contribution is -0.140. The first kappa shape index (κ1) is 18.5. The van der Waals surface area contributed by atoms with E-state index in [1.54, 1.807) is 6.92 Å². The highest BCUT2D eigenvalue weighted by molar-refractivity contribution is 5.80. The molecule has 2 aromatic rings. The van der Waals surface area contributed by atoms with Crippen molar-refractivity contribution < 1.29 is 19.4 Å². The number of benzene rings is 2. The third-order valence-electron chi connectivity index (χ3n) is 3.72. The molecule has 3 N–H and O–H groups in total. The normalized spacial score (nSPS) is 12.8. The molecule has 2 rings (SSSR count). The van der Waals surface area contributed by atoms with Crippen molar-refractivity contribution in [2.24, 2.45) is 0 Å². The zero-order valence-corrected chi connectivity index (χ0v) is 14.0.